The number of benzene rings is 2. The van der Waals surface area contributed by atoms with Crippen LogP contribution in [-0.4, -0.2) is 50.2 Å². The van der Waals surface area contributed by atoms with Gasteiger partial charge in [0.25, 0.3) is 5.91 Å². The van der Waals surface area contributed by atoms with Crippen molar-refractivity contribution in [3.05, 3.63) is 59.7 Å². The van der Waals surface area contributed by atoms with Gasteiger partial charge in [-0.15, -0.1) is 0 Å². The van der Waals surface area contributed by atoms with Crippen LogP contribution in [0.2, 0.25) is 0 Å². The third-order valence-corrected chi connectivity index (χ3v) is 4.33. The SMILES string of the molecule is COC(=O)c1cccc(C(=O)N2CCC(Oc3ccc(OC)cc3)C2)c1. The highest BCUT2D eigenvalue weighted by Gasteiger charge is 2.28. The number of hydrogen-bond acceptors (Lipinski definition) is 5. The van der Waals surface area contributed by atoms with Gasteiger partial charge in [-0.1, -0.05) is 6.07 Å². The molecule has 6 heteroatoms. The number of methoxy groups -OCH3 is 2. The summed E-state index contributed by atoms with van der Waals surface area (Å²) in [7, 11) is 2.93. The van der Waals surface area contributed by atoms with Gasteiger partial charge in [-0.3, -0.25) is 4.79 Å². The molecule has 0 aromatic heterocycles. The molecule has 1 aliphatic heterocycles. The van der Waals surface area contributed by atoms with E-state index in [1.807, 2.05) is 24.3 Å². The lowest BCUT2D eigenvalue weighted by Crippen LogP contribution is -2.31. The summed E-state index contributed by atoms with van der Waals surface area (Å²) in [6.45, 7) is 1.12. The van der Waals surface area contributed by atoms with Gasteiger partial charge in [0, 0.05) is 18.5 Å². The molecule has 1 fully saturated rings. The summed E-state index contributed by atoms with van der Waals surface area (Å²) in [4.78, 5) is 26.1. The van der Waals surface area contributed by atoms with Crippen molar-refractivity contribution in [3.8, 4) is 11.5 Å². The highest BCUT2D eigenvalue weighted by molar-refractivity contribution is 5.98. The van der Waals surface area contributed by atoms with Gasteiger partial charge >= 0.3 is 5.97 Å². The molecule has 2 aromatic rings. The molecule has 6 nitrogen and oxygen atoms in total. The van der Waals surface area contributed by atoms with Crippen molar-refractivity contribution >= 4 is 11.9 Å². The van der Waals surface area contributed by atoms with E-state index in [9.17, 15) is 9.59 Å². The summed E-state index contributed by atoms with van der Waals surface area (Å²) in [5, 5.41) is 0. The second-order valence-corrected chi connectivity index (χ2v) is 6.03. The molecule has 0 spiro atoms. The highest BCUT2D eigenvalue weighted by atomic mass is 16.5. The Balaban J connectivity index is 1.62. The van der Waals surface area contributed by atoms with E-state index in [1.165, 1.54) is 7.11 Å². The van der Waals surface area contributed by atoms with Crippen LogP contribution in [0.1, 0.15) is 27.1 Å². The Kier molecular flexibility index (Phi) is 5.41. The first-order chi connectivity index (χ1) is 12.6. The molecule has 1 aliphatic rings. The average molecular weight is 355 g/mol. The van der Waals surface area contributed by atoms with Crippen molar-refractivity contribution in [2.24, 2.45) is 0 Å². The van der Waals surface area contributed by atoms with Gasteiger partial charge < -0.3 is 19.1 Å². The van der Waals surface area contributed by atoms with Gasteiger partial charge in [-0.05, 0) is 42.5 Å². The number of amides is 1. The minimum absolute atomic E-state index is 0.0591. The van der Waals surface area contributed by atoms with Crippen LogP contribution in [0.5, 0.6) is 11.5 Å². The minimum atomic E-state index is -0.457. The van der Waals surface area contributed by atoms with Crippen molar-refractivity contribution in [1.82, 2.24) is 4.90 Å². The molecule has 0 radical (unpaired) electrons. The summed E-state index contributed by atoms with van der Waals surface area (Å²) < 4.78 is 15.8. The molecule has 0 N–H and O–H groups in total. The van der Waals surface area contributed by atoms with Gasteiger partial charge in [0.2, 0.25) is 0 Å². The topological polar surface area (TPSA) is 65.1 Å². The number of nitrogens with zero attached hydrogens (tertiary/aromatic N) is 1. The van der Waals surface area contributed by atoms with E-state index < -0.39 is 5.97 Å². The Bertz CT molecular complexity index is 787. The molecule has 1 amide bonds. The first-order valence-corrected chi connectivity index (χ1v) is 8.39. The van der Waals surface area contributed by atoms with Crippen LogP contribution >= 0.6 is 0 Å². The fourth-order valence-corrected chi connectivity index (χ4v) is 2.94. The van der Waals surface area contributed by atoms with E-state index >= 15 is 0 Å². The molecule has 0 bridgehead atoms. The first-order valence-electron chi connectivity index (χ1n) is 8.39. The van der Waals surface area contributed by atoms with E-state index in [1.54, 1.807) is 36.3 Å². The molecule has 136 valence electrons. The van der Waals surface area contributed by atoms with Crippen molar-refractivity contribution < 1.29 is 23.8 Å². The predicted octanol–water partition coefficient (Wildman–Crippen LogP) is 2.78. The quantitative estimate of drug-likeness (QED) is 0.772. The van der Waals surface area contributed by atoms with Crippen LogP contribution in [0.4, 0.5) is 0 Å². The Morgan fingerprint density at radius 1 is 1.00 bits per heavy atom. The Labute approximate surface area is 152 Å². The molecular weight excluding hydrogens is 334 g/mol. The molecule has 2 aromatic carbocycles. The lowest BCUT2D eigenvalue weighted by Gasteiger charge is -2.18. The molecule has 0 aliphatic carbocycles. The number of hydrogen-bond donors (Lipinski definition) is 0. The van der Waals surface area contributed by atoms with Crippen LogP contribution in [0, 0.1) is 0 Å². The van der Waals surface area contributed by atoms with Crippen LogP contribution < -0.4 is 9.47 Å². The monoisotopic (exact) mass is 355 g/mol. The van der Waals surface area contributed by atoms with E-state index in [4.69, 9.17) is 14.2 Å². The summed E-state index contributed by atoms with van der Waals surface area (Å²) in [6.07, 6.45) is 0.699. The number of ether oxygens (including phenoxy) is 3. The minimum Gasteiger partial charge on any atom is -0.497 e. The highest BCUT2D eigenvalue weighted by Crippen LogP contribution is 2.22. The molecular formula is C20H21NO5. The zero-order valence-corrected chi connectivity index (χ0v) is 14.8. The van der Waals surface area contributed by atoms with Crippen LogP contribution in [0.25, 0.3) is 0 Å². The third-order valence-electron chi connectivity index (χ3n) is 4.33. The smallest absolute Gasteiger partial charge is 0.337 e. The molecule has 1 heterocycles. The van der Waals surface area contributed by atoms with Crippen molar-refractivity contribution in [2.45, 2.75) is 12.5 Å². The Morgan fingerprint density at radius 3 is 2.38 bits per heavy atom. The molecule has 1 unspecified atom stereocenters. The maximum Gasteiger partial charge on any atom is 0.337 e. The van der Waals surface area contributed by atoms with Crippen molar-refractivity contribution in [2.75, 3.05) is 27.3 Å². The van der Waals surface area contributed by atoms with Gasteiger partial charge in [0.1, 0.15) is 17.6 Å². The standard InChI is InChI=1S/C20H21NO5/c1-24-16-6-8-17(9-7-16)26-18-10-11-21(13-18)19(22)14-4-3-5-15(12-14)20(23)25-2/h3-9,12,18H,10-11,13H2,1-2H3. The van der Waals surface area contributed by atoms with Crippen LogP contribution in [-0.2, 0) is 4.74 Å². The second kappa shape index (κ2) is 7.91. The summed E-state index contributed by atoms with van der Waals surface area (Å²) in [6, 6.07) is 13.9. The molecule has 1 atom stereocenters. The maximum absolute atomic E-state index is 12.7. The molecule has 0 saturated carbocycles. The van der Waals surface area contributed by atoms with Gasteiger partial charge in [0.15, 0.2) is 0 Å². The number of carbonyl (C=O) groups excluding carboxylic acids is 2. The summed E-state index contributed by atoms with van der Waals surface area (Å²) in [5.74, 6) is 0.947. The van der Waals surface area contributed by atoms with Gasteiger partial charge in [0.05, 0.1) is 26.3 Å². The van der Waals surface area contributed by atoms with E-state index in [2.05, 4.69) is 0 Å². The Hall–Kier alpha value is -3.02. The van der Waals surface area contributed by atoms with Crippen molar-refractivity contribution in [1.29, 1.82) is 0 Å². The number of rotatable bonds is 5. The number of likely N-dealkylation sites (tertiary alicyclic amines) is 1. The fraction of sp³-hybridized carbons (Fsp3) is 0.300. The van der Waals surface area contributed by atoms with Crippen molar-refractivity contribution in [3.63, 3.8) is 0 Å². The maximum atomic E-state index is 12.7. The normalized spacial score (nSPS) is 16.2. The lowest BCUT2D eigenvalue weighted by molar-refractivity contribution is 0.0600. The van der Waals surface area contributed by atoms with E-state index in [-0.39, 0.29) is 12.0 Å². The third kappa shape index (κ3) is 3.96. The lowest BCUT2D eigenvalue weighted by atomic mass is 10.1. The first kappa shape index (κ1) is 17.8. The van der Waals surface area contributed by atoms with Crippen LogP contribution in [0.3, 0.4) is 0 Å². The number of carbonyl (C=O) groups is 2. The largest absolute Gasteiger partial charge is 0.497 e. The van der Waals surface area contributed by atoms with E-state index in [0.29, 0.717) is 24.2 Å². The molecule has 3 rings (SSSR count). The van der Waals surface area contributed by atoms with Gasteiger partial charge in [-0.2, -0.15) is 0 Å². The predicted molar refractivity (Wildman–Crippen MR) is 95.7 cm³/mol. The molecule has 1 saturated heterocycles. The zero-order chi connectivity index (χ0) is 18.5. The van der Waals surface area contributed by atoms with Crippen LogP contribution in [0.15, 0.2) is 48.5 Å². The van der Waals surface area contributed by atoms with Gasteiger partial charge in [-0.25, -0.2) is 4.79 Å². The average Bonchev–Trinajstić information content (AvgIpc) is 3.16. The summed E-state index contributed by atoms with van der Waals surface area (Å²) in [5.41, 5.74) is 0.835. The fourth-order valence-electron chi connectivity index (χ4n) is 2.94. The van der Waals surface area contributed by atoms with E-state index in [0.717, 1.165) is 17.9 Å². The second-order valence-electron chi connectivity index (χ2n) is 6.03. The molecule has 26 heavy (non-hydrogen) atoms. The zero-order valence-electron chi connectivity index (χ0n) is 14.8. The number of esters is 1. The summed E-state index contributed by atoms with van der Waals surface area (Å²) >= 11 is 0. The Morgan fingerprint density at radius 2 is 1.69 bits per heavy atom.